The standard InChI is InChI=1S/C18H17N3O3S/c1-4-24-18(23)15-14(16(22)17-11(2)19-12(3)25-17)10-21(20-15)13-8-6-5-7-9-13/h5-10H,4H2,1-3H3. The second-order valence-electron chi connectivity index (χ2n) is 5.37. The molecule has 0 aliphatic rings. The summed E-state index contributed by atoms with van der Waals surface area (Å²) in [7, 11) is 0. The maximum absolute atomic E-state index is 13.0. The summed E-state index contributed by atoms with van der Waals surface area (Å²) >= 11 is 1.31. The maximum Gasteiger partial charge on any atom is 0.359 e. The molecule has 0 aliphatic carbocycles. The number of ketones is 1. The van der Waals surface area contributed by atoms with E-state index < -0.39 is 5.97 Å². The summed E-state index contributed by atoms with van der Waals surface area (Å²) in [5.41, 5.74) is 1.63. The summed E-state index contributed by atoms with van der Waals surface area (Å²) in [5, 5.41) is 5.09. The minimum absolute atomic E-state index is 0.0150. The van der Waals surface area contributed by atoms with Crippen LogP contribution in [0.4, 0.5) is 0 Å². The quantitative estimate of drug-likeness (QED) is 0.518. The molecule has 128 valence electrons. The molecule has 3 rings (SSSR count). The number of hydrogen-bond donors (Lipinski definition) is 0. The van der Waals surface area contributed by atoms with Crippen molar-refractivity contribution in [1.82, 2.24) is 14.8 Å². The van der Waals surface area contributed by atoms with E-state index in [1.165, 1.54) is 16.0 Å². The number of hydrogen-bond acceptors (Lipinski definition) is 6. The van der Waals surface area contributed by atoms with Crippen molar-refractivity contribution in [2.75, 3.05) is 6.61 Å². The lowest BCUT2D eigenvalue weighted by Gasteiger charge is -2.01. The van der Waals surface area contributed by atoms with Gasteiger partial charge in [0.15, 0.2) is 5.69 Å². The molecule has 0 bridgehead atoms. The minimum atomic E-state index is -0.612. The number of carbonyl (C=O) groups is 2. The molecule has 0 N–H and O–H groups in total. The average Bonchev–Trinajstić information content (AvgIpc) is 3.19. The van der Waals surface area contributed by atoms with Gasteiger partial charge in [0.05, 0.1) is 33.4 Å². The molecule has 0 radical (unpaired) electrons. The molecule has 0 aliphatic heterocycles. The van der Waals surface area contributed by atoms with Crippen LogP contribution in [0.25, 0.3) is 5.69 Å². The number of rotatable bonds is 5. The first kappa shape index (κ1) is 17.0. The number of aromatic nitrogens is 3. The van der Waals surface area contributed by atoms with E-state index in [9.17, 15) is 9.59 Å². The van der Waals surface area contributed by atoms with E-state index in [4.69, 9.17) is 4.74 Å². The molecule has 7 heteroatoms. The van der Waals surface area contributed by atoms with Crippen molar-refractivity contribution in [1.29, 1.82) is 0 Å². The van der Waals surface area contributed by atoms with Crippen LogP contribution in [0.1, 0.15) is 43.3 Å². The molecule has 0 atom stereocenters. The van der Waals surface area contributed by atoms with Crippen molar-refractivity contribution < 1.29 is 14.3 Å². The Morgan fingerprint density at radius 2 is 1.92 bits per heavy atom. The van der Waals surface area contributed by atoms with E-state index in [2.05, 4.69) is 10.1 Å². The topological polar surface area (TPSA) is 74.1 Å². The Kier molecular flexibility index (Phi) is 4.76. The van der Waals surface area contributed by atoms with E-state index in [1.54, 1.807) is 20.0 Å². The van der Waals surface area contributed by atoms with Crippen molar-refractivity contribution >= 4 is 23.1 Å². The van der Waals surface area contributed by atoms with Crippen molar-refractivity contribution in [2.45, 2.75) is 20.8 Å². The van der Waals surface area contributed by atoms with Crippen LogP contribution >= 0.6 is 11.3 Å². The third-order valence-corrected chi connectivity index (χ3v) is 4.63. The summed E-state index contributed by atoms with van der Waals surface area (Å²) < 4.78 is 6.58. The third-order valence-electron chi connectivity index (χ3n) is 3.56. The molecular formula is C18H17N3O3S. The Morgan fingerprint density at radius 3 is 2.52 bits per heavy atom. The van der Waals surface area contributed by atoms with E-state index in [1.807, 2.05) is 37.3 Å². The molecule has 0 amide bonds. The lowest BCUT2D eigenvalue weighted by atomic mass is 10.1. The smallest absolute Gasteiger partial charge is 0.359 e. The van der Waals surface area contributed by atoms with Crippen molar-refractivity contribution in [3.63, 3.8) is 0 Å². The van der Waals surface area contributed by atoms with E-state index in [-0.39, 0.29) is 23.6 Å². The number of nitrogens with zero attached hydrogens (tertiary/aromatic N) is 3. The van der Waals surface area contributed by atoms with Gasteiger partial charge in [-0.3, -0.25) is 4.79 Å². The summed E-state index contributed by atoms with van der Waals surface area (Å²) in [4.78, 5) is 30.0. The third kappa shape index (κ3) is 3.36. The zero-order valence-electron chi connectivity index (χ0n) is 14.1. The zero-order valence-corrected chi connectivity index (χ0v) is 15.0. The fraction of sp³-hybridized carbons (Fsp3) is 0.222. The lowest BCUT2D eigenvalue weighted by Crippen LogP contribution is -2.12. The van der Waals surface area contributed by atoms with Crippen LogP contribution < -0.4 is 0 Å². The normalized spacial score (nSPS) is 10.7. The van der Waals surface area contributed by atoms with Gasteiger partial charge in [-0.1, -0.05) is 18.2 Å². The number of thiazole rings is 1. The summed E-state index contributed by atoms with van der Waals surface area (Å²) in [6.07, 6.45) is 1.57. The van der Waals surface area contributed by atoms with Crippen LogP contribution in [-0.2, 0) is 4.74 Å². The largest absolute Gasteiger partial charge is 0.461 e. The zero-order chi connectivity index (χ0) is 18.0. The van der Waals surface area contributed by atoms with Gasteiger partial charge in [0.25, 0.3) is 0 Å². The monoisotopic (exact) mass is 355 g/mol. The van der Waals surface area contributed by atoms with Gasteiger partial charge in [-0.25, -0.2) is 14.5 Å². The predicted molar refractivity (Wildman–Crippen MR) is 94.5 cm³/mol. The lowest BCUT2D eigenvalue weighted by molar-refractivity contribution is 0.0516. The molecule has 0 saturated heterocycles. The second kappa shape index (κ2) is 6.98. The van der Waals surface area contributed by atoms with Gasteiger partial charge >= 0.3 is 5.97 Å². The number of carbonyl (C=O) groups excluding carboxylic acids is 2. The SMILES string of the molecule is CCOC(=O)c1nn(-c2ccccc2)cc1C(=O)c1sc(C)nc1C. The molecular weight excluding hydrogens is 338 g/mol. The molecule has 0 saturated carbocycles. The second-order valence-corrected chi connectivity index (χ2v) is 6.57. The molecule has 0 unspecified atom stereocenters. The van der Waals surface area contributed by atoms with Gasteiger partial charge in [-0.05, 0) is 32.9 Å². The fourth-order valence-electron chi connectivity index (χ4n) is 2.47. The minimum Gasteiger partial charge on any atom is -0.461 e. The first-order valence-electron chi connectivity index (χ1n) is 7.82. The number of para-hydroxylation sites is 1. The van der Waals surface area contributed by atoms with Crippen LogP contribution in [0.15, 0.2) is 36.5 Å². The molecule has 0 spiro atoms. The van der Waals surface area contributed by atoms with Gasteiger partial charge in [-0.15, -0.1) is 11.3 Å². The van der Waals surface area contributed by atoms with E-state index >= 15 is 0 Å². The molecule has 2 heterocycles. The number of benzene rings is 1. The van der Waals surface area contributed by atoms with Gasteiger partial charge in [0, 0.05) is 6.20 Å². The number of esters is 1. The Labute approximate surface area is 149 Å². The van der Waals surface area contributed by atoms with Gasteiger partial charge in [0.2, 0.25) is 5.78 Å². The Bertz CT molecular complexity index is 928. The molecule has 2 aromatic heterocycles. The van der Waals surface area contributed by atoms with E-state index in [0.717, 1.165) is 10.7 Å². The number of ether oxygens (including phenoxy) is 1. The molecule has 1 aromatic carbocycles. The van der Waals surface area contributed by atoms with Gasteiger partial charge < -0.3 is 4.74 Å². The first-order valence-corrected chi connectivity index (χ1v) is 8.63. The highest BCUT2D eigenvalue weighted by atomic mass is 32.1. The summed E-state index contributed by atoms with van der Waals surface area (Å²) in [5.74, 6) is -0.882. The van der Waals surface area contributed by atoms with Gasteiger partial charge in [0.1, 0.15) is 0 Å². The Hall–Kier alpha value is -2.80. The molecule has 0 fully saturated rings. The molecule has 3 aromatic rings. The summed E-state index contributed by atoms with van der Waals surface area (Å²) in [6.45, 7) is 5.55. The molecule has 6 nitrogen and oxygen atoms in total. The predicted octanol–water partition coefficient (Wildman–Crippen LogP) is 3.35. The van der Waals surface area contributed by atoms with E-state index in [0.29, 0.717) is 10.6 Å². The highest BCUT2D eigenvalue weighted by molar-refractivity contribution is 7.14. The van der Waals surface area contributed by atoms with Crippen molar-refractivity contribution in [3.05, 3.63) is 63.4 Å². The highest BCUT2D eigenvalue weighted by Crippen LogP contribution is 2.24. The Morgan fingerprint density at radius 1 is 1.20 bits per heavy atom. The average molecular weight is 355 g/mol. The van der Waals surface area contributed by atoms with Crippen LogP contribution in [-0.4, -0.2) is 33.1 Å². The fourth-order valence-corrected chi connectivity index (χ4v) is 3.34. The van der Waals surface area contributed by atoms with Crippen molar-refractivity contribution in [2.24, 2.45) is 0 Å². The Balaban J connectivity index is 2.10. The highest BCUT2D eigenvalue weighted by Gasteiger charge is 2.27. The van der Waals surface area contributed by atoms with Crippen LogP contribution in [0.3, 0.4) is 0 Å². The molecule has 25 heavy (non-hydrogen) atoms. The first-order chi connectivity index (χ1) is 12.0. The number of aryl methyl sites for hydroxylation is 2. The van der Waals surface area contributed by atoms with Crippen molar-refractivity contribution in [3.8, 4) is 5.69 Å². The maximum atomic E-state index is 13.0. The summed E-state index contributed by atoms with van der Waals surface area (Å²) in [6, 6.07) is 9.30. The van der Waals surface area contributed by atoms with Crippen LogP contribution in [0.2, 0.25) is 0 Å². The van der Waals surface area contributed by atoms with Crippen LogP contribution in [0.5, 0.6) is 0 Å². The van der Waals surface area contributed by atoms with Crippen LogP contribution in [0, 0.1) is 13.8 Å². The van der Waals surface area contributed by atoms with Gasteiger partial charge in [-0.2, -0.15) is 5.10 Å².